The number of rotatable bonds is 12. The first kappa shape index (κ1) is 32.7. The molecule has 4 amide bonds. The predicted octanol–water partition coefficient (Wildman–Crippen LogP) is 4.26. The van der Waals surface area contributed by atoms with Gasteiger partial charge < -0.3 is 19.7 Å². The van der Waals surface area contributed by atoms with Gasteiger partial charge in [0.15, 0.2) is 5.13 Å². The van der Waals surface area contributed by atoms with Gasteiger partial charge in [-0.15, -0.1) is 0 Å². The lowest BCUT2D eigenvalue weighted by molar-refractivity contribution is -0.130. The van der Waals surface area contributed by atoms with E-state index in [0.29, 0.717) is 38.8 Å². The average molecular weight is 626 g/mol. The fourth-order valence-corrected chi connectivity index (χ4v) is 5.29. The van der Waals surface area contributed by atoms with E-state index in [0.717, 1.165) is 43.0 Å². The van der Waals surface area contributed by atoms with Gasteiger partial charge >= 0.3 is 6.03 Å². The Morgan fingerprint density at radius 3 is 2.45 bits per heavy atom. The number of hydrogen-bond donors (Lipinski definition) is 4. The van der Waals surface area contributed by atoms with Gasteiger partial charge in [0.25, 0.3) is 5.91 Å². The number of piperidine rings is 1. The third kappa shape index (κ3) is 9.64. The molecule has 2 heterocycles. The zero-order valence-corrected chi connectivity index (χ0v) is 26.3. The molecule has 44 heavy (non-hydrogen) atoms. The molecule has 1 fully saturated rings. The third-order valence-electron chi connectivity index (χ3n) is 6.75. The number of amides is 4. The van der Waals surface area contributed by atoms with Crippen LogP contribution in [-0.2, 0) is 16.1 Å². The Balaban J connectivity index is 1.36. The number of nitrogens with zero attached hydrogens (tertiary/aromatic N) is 3. The molecule has 14 heteroatoms. The van der Waals surface area contributed by atoms with Crippen LogP contribution < -0.4 is 31.0 Å². The van der Waals surface area contributed by atoms with Crippen molar-refractivity contribution >= 4 is 40.0 Å². The van der Waals surface area contributed by atoms with Gasteiger partial charge in [-0.05, 0) is 69.2 Å². The second-order valence-electron chi connectivity index (χ2n) is 10.7. The van der Waals surface area contributed by atoms with E-state index in [1.54, 1.807) is 44.4 Å². The molecule has 0 bridgehead atoms. The molecule has 0 spiro atoms. The Bertz CT molecular complexity index is 1420. The number of aromatic nitrogens is 1. The van der Waals surface area contributed by atoms with Crippen molar-refractivity contribution in [1.82, 2.24) is 25.8 Å². The topological polar surface area (TPSA) is 146 Å². The molecule has 0 saturated carbocycles. The minimum atomic E-state index is -0.441. The summed E-state index contributed by atoms with van der Waals surface area (Å²) in [7, 11) is 4.71. The summed E-state index contributed by atoms with van der Waals surface area (Å²) in [5, 5.41) is 7.74. The molecule has 0 aliphatic carbocycles. The lowest BCUT2D eigenvalue weighted by Crippen LogP contribution is -2.41. The van der Waals surface area contributed by atoms with E-state index in [1.807, 2.05) is 12.1 Å². The highest BCUT2D eigenvalue weighted by atomic mass is 32.1. The van der Waals surface area contributed by atoms with Crippen LogP contribution in [0.25, 0.3) is 0 Å². The summed E-state index contributed by atoms with van der Waals surface area (Å²) >= 11 is 1.13. The summed E-state index contributed by atoms with van der Waals surface area (Å²) < 4.78 is 12.2. The van der Waals surface area contributed by atoms with Gasteiger partial charge in [0, 0.05) is 50.0 Å². The van der Waals surface area contributed by atoms with E-state index in [-0.39, 0.29) is 18.4 Å². The van der Waals surface area contributed by atoms with Crippen LogP contribution in [0.15, 0.2) is 48.7 Å². The molecule has 236 valence electrons. The van der Waals surface area contributed by atoms with Crippen LogP contribution in [0, 0.1) is 0 Å². The maximum absolute atomic E-state index is 12.9. The number of benzene rings is 2. The first-order valence-corrected chi connectivity index (χ1v) is 15.1. The van der Waals surface area contributed by atoms with Crippen LogP contribution in [0.1, 0.15) is 42.6 Å². The Labute approximate surface area is 260 Å². The van der Waals surface area contributed by atoms with E-state index in [9.17, 15) is 14.4 Å². The van der Waals surface area contributed by atoms with Crippen molar-refractivity contribution in [2.75, 3.05) is 44.9 Å². The number of urea groups is 1. The molecule has 2 aromatic carbocycles. The van der Waals surface area contributed by atoms with Gasteiger partial charge in [-0.25, -0.2) is 20.3 Å². The largest absolute Gasteiger partial charge is 0.490 e. The van der Waals surface area contributed by atoms with Crippen LogP contribution in [0.3, 0.4) is 0 Å². The minimum Gasteiger partial charge on any atom is -0.490 e. The summed E-state index contributed by atoms with van der Waals surface area (Å²) in [4.78, 5) is 48.7. The molecule has 3 aromatic rings. The highest BCUT2D eigenvalue weighted by molar-refractivity contribution is 7.17. The first-order chi connectivity index (χ1) is 21.1. The zero-order valence-electron chi connectivity index (χ0n) is 25.5. The Kier molecular flexibility index (Phi) is 11.5. The van der Waals surface area contributed by atoms with Crippen molar-refractivity contribution < 1.29 is 28.7 Å². The van der Waals surface area contributed by atoms with Crippen molar-refractivity contribution in [2.45, 2.75) is 45.3 Å². The van der Waals surface area contributed by atoms with Crippen LogP contribution in [0.5, 0.6) is 16.6 Å². The summed E-state index contributed by atoms with van der Waals surface area (Å²) in [5.41, 5.74) is 6.28. The number of nitrogens with one attached hydrogen (secondary N) is 4. The Morgan fingerprint density at radius 1 is 1.07 bits per heavy atom. The number of carbonyl (C=O) groups excluding carboxylic acids is 3. The Morgan fingerprint density at radius 2 is 1.80 bits per heavy atom. The van der Waals surface area contributed by atoms with Crippen molar-refractivity contribution in [2.24, 2.45) is 0 Å². The molecule has 0 radical (unpaired) electrons. The van der Waals surface area contributed by atoms with Gasteiger partial charge in [-0.1, -0.05) is 11.3 Å². The number of anilines is 2. The second-order valence-corrected chi connectivity index (χ2v) is 11.7. The number of hydrazine groups is 1. The lowest BCUT2D eigenvalue weighted by Gasteiger charge is -2.34. The number of hydroxylamine groups is 1. The van der Waals surface area contributed by atoms with Gasteiger partial charge in [-0.3, -0.25) is 25.2 Å². The van der Waals surface area contributed by atoms with E-state index < -0.39 is 11.9 Å². The molecular formula is C30H39N7O6S. The molecule has 0 atom stereocenters. The first-order valence-electron chi connectivity index (χ1n) is 14.2. The number of hydrogen-bond acceptors (Lipinski definition) is 10. The monoisotopic (exact) mass is 625 g/mol. The zero-order chi connectivity index (χ0) is 31.6. The molecule has 1 saturated heterocycles. The summed E-state index contributed by atoms with van der Waals surface area (Å²) in [6.07, 6.45) is 3.53. The van der Waals surface area contributed by atoms with Crippen LogP contribution >= 0.6 is 11.3 Å². The highest BCUT2D eigenvalue weighted by Crippen LogP contribution is 2.34. The molecule has 4 N–H and O–H groups in total. The fraction of sp³-hybridized carbons (Fsp3) is 0.400. The van der Waals surface area contributed by atoms with Gasteiger partial charge in [0.2, 0.25) is 11.0 Å². The quantitative estimate of drug-likeness (QED) is 0.217. The predicted molar refractivity (Wildman–Crippen MR) is 168 cm³/mol. The normalized spacial score (nSPS) is 13.9. The fourth-order valence-electron chi connectivity index (χ4n) is 4.61. The molecule has 1 aliphatic heterocycles. The van der Waals surface area contributed by atoms with E-state index >= 15 is 0 Å². The molecular weight excluding hydrogens is 586 g/mol. The van der Waals surface area contributed by atoms with Crippen molar-refractivity contribution in [3.8, 4) is 16.6 Å². The van der Waals surface area contributed by atoms with E-state index in [2.05, 4.69) is 45.3 Å². The highest BCUT2D eigenvalue weighted by Gasteiger charge is 2.22. The van der Waals surface area contributed by atoms with Gasteiger partial charge in [-0.2, -0.15) is 0 Å². The summed E-state index contributed by atoms with van der Waals surface area (Å²) in [6, 6.07) is 12.1. The molecule has 1 aliphatic rings. The van der Waals surface area contributed by atoms with Crippen LogP contribution in [0.2, 0.25) is 0 Å². The second kappa shape index (κ2) is 15.5. The lowest BCUT2D eigenvalue weighted by atomic mass is 10.1. The molecule has 1 aromatic heterocycles. The van der Waals surface area contributed by atoms with Gasteiger partial charge in [0.1, 0.15) is 17.6 Å². The summed E-state index contributed by atoms with van der Waals surface area (Å²) in [5.74, 6) is 0.398. The third-order valence-corrected chi connectivity index (χ3v) is 7.54. The molecule has 0 unspecified atom stereocenters. The SMILES string of the molecule is CONC(=O)Cc1cc(NC(=O)NN(C)C)ccc1Oc1cnc(NC(=O)c2ccc(OC3CCN(C(C)C)CC3)cc2)s1. The maximum Gasteiger partial charge on any atom is 0.333 e. The van der Waals surface area contributed by atoms with E-state index in [1.165, 1.54) is 18.3 Å². The number of thiazole rings is 1. The van der Waals surface area contributed by atoms with Crippen molar-refractivity contribution in [3.63, 3.8) is 0 Å². The van der Waals surface area contributed by atoms with Crippen molar-refractivity contribution in [1.29, 1.82) is 0 Å². The number of carbonyl (C=O) groups is 3. The van der Waals surface area contributed by atoms with Crippen LogP contribution in [-0.4, -0.2) is 79.2 Å². The van der Waals surface area contributed by atoms with Crippen molar-refractivity contribution in [3.05, 3.63) is 59.8 Å². The Hall–Kier alpha value is -4.24. The van der Waals surface area contributed by atoms with E-state index in [4.69, 9.17) is 14.3 Å². The average Bonchev–Trinajstić information content (AvgIpc) is 3.41. The molecule has 4 rings (SSSR count). The smallest absolute Gasteiger partial charge is 0.333 e. The number of ether oxygens (including phenoxy) is 2. The van der Waals surface area contributed by atoms with Gasteiger partial charge in [0.05, 0.1) is 19.7 Å². The minimum absolute atomic E-state index is 0.0762. The standard InChI is InChI=1S/C30H39N7O6S/c1-19(2)37-14-12-24(13-15-37)42-23-9-6-20(7-10-23)28(39)33-30-31-18-27(44-30)43-25-11-8-22(32-29(40)34-36(3)4)16-21(25)17-26(38)35-41-5/h6-11,16,18-19,24H,12-15,17H2,1-5H3,(H,35,38)(H,31,33,39)(H2,32,34,40). The molecule has 13 nitrogen and oxygen atoms in total. The summed E-state index contributed by atoms with van der Waals surface area (Å²) in [6.45, 7) is 6.46. The van der Waals surface area contributed by atoms with Crippen LogP contribution in [0.4, 0.5) is 15.6 Å². The maximum atomic E-state index is 12.9. The number of likely N-dealkylation sites (tertiary alicyclic amines) is 1.